The van der Waals surface area contributed by atoms with E-state index < -0.39 is 12.0 Å². The van der Waals surface area contributed by atoms with Gasteiger partial charge in [0.1, 0.15) is 11.4 Å². The molecule has 1 aromatic heterocycles. The van der Waals surface area contributed by atoms with Crippen molar-refractivity contribution in [3.05, 3.63) is 107 Å². The number of benzene rings is 3. The predicted octanol–water partition coefficient (Wildman–Crippen LogP) is 4.14. The quantitative estimate of drug-likeness (QED) is 0.424. The van der Waals surface area contributed by atoms with E-state index in [-0.39, 0.29) is 22.9 Å². The van der Waals surface area contributed by atoms with Crippen molar-refractivity contribution in [1.29, 1.82) is 0 Å². The number of hydrogen-bond acceptors (Lipinski definition) is 4. The first-order valence-corrected chi connectivity index (χ1v) is 11.1. The van der Waals surface area contributed by atoms with Crippen molar-refractivity contribution < 1.29 is 14.3 Å². The highest BCUT2D eigenvalue weighted by atomic mass is 16.5. The zero-order valence-electron chi connectivity index (χ0n) is 19.7. The lowest BCUT2D eigenvalue weighted by molar-refractivity contribution is -0.122. The first kappa shape index (κ1) is 23.6. The van der Waals surface area contributed by atoms with Crippen LogP contribution in [0.25, 0.3) is 5.69 Å². The first-order valence-electron chi connectivity index (χ1n) is 11.1. The molecule has 0 aliphatic carbocycles. The van der Waals surface area contributed by atoms with E-state index in [0.29, 0.717) is 22.6 Å². The monoisotopic (exact) mass is 470 g/mol. The van der Waals surface area contributed by atoms with Crippen LogP contribution in [0.3, 0.4) is 0 Å². The fraction of sp³-hybridized carbons (Fsp3) is 0.148. The van der Waals surface area contributed by atoms with Crippen molar-refractivity contribution in [2.75, 3.05) is 10.6 Å². The molecule has 0 aliphatic heterocycles. The minimum absolute atomic E-state index is 0.173. The number of amides is 2. The lowest BCUT2D eigenvalue weighted by atomic mass is 10.1. The Kier molecular flexibility index (Phi) is 6.82. The summed E-state index contributed by atoms with van der Waals surface area (Å²) in [5.74, 6) is -0.603. The Morgan fingerprint density at radius 3 is 2.14 bits per heavy atom. The van der Waals surface area contributed by atoms with Crippen molar-refractivity contribution in [2.24, 2.45) is 7.05 Å². The van der Waals surface area contributed by atoms with Crippen LogP contribution >= 0.6 is 0 Å². The van der Waals surface area contributed by atoms with Crippen LogP contribution in [0.2, 0.25) is 0 Å². The van der Waals surface area contributed by atoms with Crippen molar-refractivity contribution in [3.8, 4) is 11.4 Å². The summed E-state index contributed by atoms with van der Waals surface area (Å²) in [4.78, 5) is 38.8. The zero-order valence-corrected chi connectivity index (χ0v) is 19.7. The van der Waals surface area contributed by atoms with Crippen LogP contribution in [-0.2, 0) is 11.8 Å². The fourth-order valence-corrected chi connectivity index (χ4v) is 3.66. The Bertz CT molecular complexity index is 1410. The largest absolute Gasteiger partial charge is 0.480 e. The molecule has 0 fully saturated rings. The van der Waals surface area contributed by atoms with Gasteiger partial charge in [-0.25, -0.2) is 4.68 Å². The van der Waals surface area contributed by atoms with Crippen LogP contribution in [-0.4, -0.2) is 27.3 Å². The number of para-hydroxylation sites is 3. The number of carbonyl (C=O) groups is 2. The van der Waals surface area contributed by atoms with E-state index >= 15 is 0 Å². The molecule has 1 heterocycles. The molecule has 3 aromatic carbocycles. The molecule has 1 unspecified atom stereocenters. The third-order valence-corrected chi connectivity index (χ3v) is 5.64. The van der Waals surface area contributed by atoms with E-state index in [2.05, 4.69) is 10.6 Å². The third kappa shape index (κ3) is 5.01. The standard InChI is InChI=1S/C27H26N4O4/c1-18-24(27(34)31(30(18)3)21-14-8-5-9-15-21)29-25(32)19(2)35-23-17-11-10-16-22(23)26(33)28-20-12-6-4-7-13-20/h4-17,19H,1-3H3,(H,28,33)(H,29,32). The van der Waals surface area contributed by atoms with Crippen LogP contribution in [0.4, 0.5) is 11.4 Å². The van der Waals surface area contributed by atoms with Crippen LogP contribution in [0.15, 0.2) is 89.7 Å². The number of carbonyl (C=O) groups excluding carboxylic acids is 2. The number of rotatable bonds is 7. The second-order valence-electron chi connectivity index (χ2n) is 8.00. The van der Waals surface area contributed by atoms with Gasteiger partial charge in [0, 0.05) is 12.7 Å². The molecule has 0 saturated carbocycles. The third-order valence-electron chi connectivity index (χ3n) is 5.64. The summed E-state index contributed by atoms with van der Waals surface area (Å²) < 4.78 is 9.02. The number of aromatic nitrogens is 2. The van der Waals surface area contributed by atoms with Crippen molar-refractivity contribution >= 4 is 23.2 Å². The number of nitrogens with one attached hydrogen (secondary N) is 2. The molecule has 0 bridgehead atoms. The topological polar surface area (TPSA) is 94.4 Å². The van der Waals surface area contributed by atoms with Gasteiger partial charge in [-0.15, -0.1) is 0 Å². The van der Waals surface area contributed by atoms with Gasteiger partial charge in [-0.05, 0) is 50.2 Å². The predicted molar refractivity (Wildman–Crippen MR) is 135 cm³/mol. The summed E-state index contributed by atoms with van der Waals surface area (Å²) in [6.45, 7) is 3.32. The summed E-state index contributed by atoms with van der Waals surface area (Å²) in [5.41, 5.74) is 2.05. The second-order valence-corrected chi connectivity index (χ2v) is 8.00. The van der Waals surface area contributed by atoms with Crippen LogP contribution < -0.4 is 20.9 Å². The van der Waals surface area contributed by atoms with E-state index in [1.807, 2.05) is 48.5 Å². The lowest BCUT2D eigenvalue weighted by Crippen LogP contribution is -2.33. The highest BCUT2D eigenvalue weighted by Crippen LogP contribution is 2.22. The molecule has 8 nitrogen and oxygen atoms in total. The summed E-state index contributed by atoms with van der Waals surface area (Å²) in [7, 11) is 1.75. The Morgan fingerprint density at radius 1 is 0.857 bits per heavy atom. The molecule has 35 heavy (non-hydrogen) atoms. The minimum atomic E-state index is -0.968. The summed E-state index contributed by atoms with van der Waals surface area (Å²) in [6.07, 6.45) is -0.968. The van der Waals surface area contributed by atoms with Crippen molar-refractivity contribution in [3.63, 3.8) is 0 Å². The molecule has 0 radical (unpaired) electrons. The minimum Gasteiger partial charge on any atom is -0.480 e. The summed E-state index contributed by atoms with van der Waals surface area (Å²) >= 11 is 0. The SMILES string of the molecule is Cc1c(NC(=O)C(C)Oc2ccccc2C(=O)Nc2ccccc2)c(=O)n(-c2ccccc2)n1C. The maximum atomic E-state index is 13.1. The van der Waals surface area contributed by atoms with E-state index in [1.54, 1.807) is 62.0 Å². The fourth-order valence-electron chi connectivity index (χ4n) is 3.66. The van der Waals surface area contributed by atoms with Crippen molar-refractivity contribution in [1.82, 2.24) is 9.36 Å². The molecule has 1 atom stereocenters. The van der Waals surface area contributed by atoms with Gasteiger partial charge in [0.2, 0.25) is 0 Å². The molecule has 0 saturated heterocycles. The smallest absolute Gasteiger partial charge is 0.295 e. The highest BCUT2D eigenvalue weighted by molar-refractivity contribution is 6.06. The van der Waals surface area contributed by atoms with Gasteiger partial charge in [-0.3, -0.25) is 19.1 Å². The number of hydrogen-bond donors (Lipinski definition) is 2. The molecular formula is C27H26N4O4. The molecule has 2 amide bonds. The van der Waals surface area contributed by atoms with Gasteiger partial charge in [0.15, 0.2) is 6.10 Å². The van der Waals surface area contributed by atoms with Crippen molar-refractivity contribution in [2.45, 2.75) is 20.0 Å². The maximum absolute atomic E-state index is 13.1. The first-order chi connectivity index (χ1) is 16.9. The molecule has 8 heteroatoms. The Morgan fingerprint density at radius 2 is 1.46 bits per heavy atom. The summed E-state index contributed by atoms with van der Waals surface area (Å²) in [5, 5.41) is 5.51. The molecule has 2 N–H and O–H groups in total. The van der Waals surface area contributed by atoms with Crippen LogP contribution in [0, 0.1) is 6.92 Å². The summed E-state index contributed by atoms with van der Waals surface area (Å²) in [6, 6.07) is 24.9. The van der Waals surface area contributed by atoms with Gasteiger partial charge in [-0.1, -0.05) is 48.5 Å². The van der Waals surface area contributed by atoms with E-state index in [4.69, 9.17) is 4.74 Å². The highest BCUT2D eigenvalue weighted by Gasteiger charge is 2.23. The van der Waals surface area contributed by atoms with Gasteiger partial charge in [0.05, 0.1) is 16.9 Å². The number of ether oxygens (including phenoxy) is 1. The van der Waals surface area contributed by atoms with Crippen LogP contribution in [0.5, 0.6) is 5.75 Å². The number of nitrogens with zero attached hydrogens (tertiary/aromatic N) is 2. The Balaban J connectivity index is 1.52. The van der Waals surface area contributed by atoms with E-state index in [0.717, 1.165) is 0 Å². The Labute approximate surface area is 202 Å². The lowest BCUT2D eigenvalue weighted by Gasteiger charge is -2.17. The maximum Gasteiger partial charge on any atom is 0.295 e. The average molecular weight is 471 g/mol. The van der Waals surface area contributed by atoms with Crippen LogP contribution in [0.1, 0.15) is 23.0 Å². The number of anilines is 2. The molecule has 4 aromatic rings. The molecular weight excluding hydrogens is 444 g/mol. The molecule has 4 rings (SSSR count). The zero-order chi connectivity index (χ0) is 24.9. The van der Waals surface area contributed by atoms with Gasteiger partial charge >= 0.3 is 0 Å². The van der Waals surface area contributed by atoms with Gasteiger partial charge < -0.3 is 15.4 Å². The molecule has 0 aliphatic rings. The van der Waals surface area contributed by atoms with E-state index in [9.17, 15) is 14.4 Å². The van der Waals surface area contributed by atoms with Gasteiger partial charge in [0.25, 0.3) is 17.4 Å². The normalized spacial score (nSPS) is 11.5. The Hall–Kier alpha value is -4.59. The molecule has 0 spiro atoms. The van der Waals surface area contributed by atoms with Gasteiger partial charge in [-0.2, -0.15) is 0 Å². The average Bonchev–Trinajstić information content (AvgIpc) is 3.08. The van der Waals surface area contributed by atoms with E-state index in [1.165, 1.54) is 4.68 Å². The second kappa shape index (κ2) is 10.1. The molecule has 178 valence electrons.